The highest BCUT2D eigenvalue weighted by Crippen LogP contribution is 2.16. The van der Waals surface area contributed by atoms with E-state index in [2.05, 4.69) is 0 Å². The summed E-state index contributed by atoms with van der Waals surface area (Å²) in [6, 6.07) is 0. The zero-order valence-electron chi connectivity index (χ0n) is 5.71. The number of Topliss-reactive ketones (excluding diaryl/α,β-unsaturated/α-hetero) is 1. The summed E-state index contributed by atoms with van der Waals surface area (Å²) < 4.78 is 0. The van der Waals surface area contributed by atoms with Crippen molar-refractivity contribution in [2.24, 2.45) is 0 Å². The number of carbonyl (C=O) groups is 1. The lowest BCUT2D eigenvalue weighted by molar-refractivity contribution is -0.160. The Hall–Kier alpha value is -0.490. The van der Waals surface area contributed by atoms with E-state index >= 15 is 0 Å². The van der Waals surface area contributed by atoms with Gasteiger partial charge in [-0.2, -0.15) is 0 Å². The molecular weight excluding hydrogens is 152 g/mol. The SMILES string of the molecule is O=C1C(O)CC(O)C(O)C1O. The molecule has 5 nitrogen and oxygen atoms in total. The normalized spacial score (nSPS) is 46.0. The van der Waals surface area contributed by atoms with Gasteiger partial charge < -0.3 is 20.4 Å². The standard InChI is InChI=1S/C6H10O5/c7-2-1-3(8)5(10)6(11)4(2)9/h2-4,6-9,11H,1H2. The average molecular weight is 162 g/mol. The predicted molar refractivity (Wildman–Crippen MR) is 33.7 cm³/mol. The number of hydrogen-bond donors (Lipinski definition) is 4. The van der Waals surface area contributed by atoms with Gasteiger partial charge in [-0.3, -0.25) is 4.79 Å². The number of rotatable bonds is 0. The van der Waals surface area contributed by atoms with E-state index in [1.165, 1.54) is 0 Å². The van der Waals surface area contributed by atoms with Gasteiger partial charge in [0.1, 0.15) is 18.3 Å². The molecule has 1 saturated carbocycles. The van der Waals surface area contributed by atoms with Crippen molar-refractivity contribution in [2.45, 2.75) is 30.8 Å². The Bertz CT molecular complexity index is 168. The van der Waals surface area contributed by atoms with Gasteiger partial charge in [0.15, 0.2) is 5.78 Å². The fourth-order valence-electron chi connectivity index (χ4n) is 1.06. The molecule has 0 aromatic carbocycles. The first kappa shape index (κ1) is 8.61. The molecule has 4 N–H and O–H groups in total. The Morgan fingerprint density at radius 1 is 1.18 bits per heavy atom. The Morgan fingerprint density at radius 3 is 2.27 bits per heavy atom. The number of carbonyl (C=O) groups excluding carboxylic acids is 1. The summed E-state index contributed by atoms with van der Waals surface area (Å²) in [5, 5.41) is 35.5. The Kier molecular flexibility index (Phi) is 2.24. The first-order chi connectivity index (χ1) is 5.04. The summed E-state index contributed by atoms with van der Waals surface area (Å²) >= 11 is 0. The topological polar surface area (TPSA) is 98.0 Å². The molecule has 0 bridgehead atoms. The molecular formula is C6H10O5. The molecule has 4 atom stereocenters. The second kappa shape index (κ2) is 2.86. The lowest BCUT2D eigenvalue weighted by Crippen LogP contribution is -2.53. The van der Waals surface area contributed by atoms with Gasteiger partial charge >= 0.3 is 0 Å². The number of aliphatic hydroxyl groups excluding tert-OH is 4. The lowest BCUT2D eigenvalue weighted by atomic mass is 9.89. The minimum absolute atomic E-state index is 0.211. The molecule has 0 saturated heterocycles. The first-order valence-corrected chi connectivity index (χ1v) is 3.30. The highest BCUT2D eigenvalue weighted by Gasteiger charge is 2.40. The van der Waals surface area contributed by atoms with E-state index in [1.54, 1.807) is 0 Å². The highest BCUT2D eigenvalue weighted by atomic mass is 16.4. The summed E-state index contributed by atoms with van der Waals surface area (Å²) in [5.41, 5.74) is 0. The van der Waals surface area contributed by atoms with Crippen LogP contribution in [0.1, 0.15) is 6.42 Å². The number of ketones is 1. The van der Waals surface area contributed by atoms with Gasteiger partial charge in [-0.25, -0.2) is 0 Å². The van der Waals surface area contributed by atoms with Crippen molar-refractivity contribution in [1.82, 2.24) is 0 Å². The van der Waals surface area contributed by atoms with Crippen molar-refractivity contribution >= 4 is 5.78 Å². The minimum Gasteiger partial charge on any atom is -0.390 e. The highest BCUT2D eigenvalue weighted by molar-refractivity contribution is 5.88. The van der Waals surface area contributed by atoms with Crippen LogP contribution in [-0.2, 0) is 4.79 Å². The fraction of sp³-hybridized carbons (Fsp3) is 0.833. The van der Waals surface area contributed by atoms with Gasteiger partial charge in [0.2, 0.25) is 0 Å². The van der Waals surface area contributed by atoms with Crippen LogP contribution in [-0.4, -0.2) is 50.6 Å². The second-order valence-corrected chi connectivity index (χ2v) is 2.66. The Labute approximate surface area is 62.9 Å². The van der Waals surface area contributed by atoms with Gasteiger partial charge in [-0.15, -0.1) is 0 Å². The summed E-state index contributed by atoms with van der Waals surface area (Å²) in [6.45, 7) is 0. The molecule has 1 rings (SSSR count). The Morgan fingerprint density at radius 2 is 1.73 bits per heavy atom. The molecule has 0 heterocycles. The third-order valence-corrected chi connectivity index (χ3v) is 1.80. The molecule has 0 radical (unpaired) electrons. The molecule has 0 aromatic heterocycles. The van der Waals surface area contributed by atoms with Crippen molar-refractivity contribution in [3.05, 3.63) is 0 Å². The molecule has 0 aliphatic heterocycles. The zero-order chi connectivity index (χ0) is 8.59. The lowest BCUT2D eigenvalue weighted by Gasteiger charge is -2.29. The van der Waals surface area contributed by atoms with Gasteiger partial charge in [0, 0.05) is 6.42 Å². The van der Waals surface area contributed by atoms with Crippen LogP contribution in [0, 0.1) is 0 Å². The molecule has 11 heavy (non-hydrogen) atoms. The van der Waals surface area contributed by atoms with Crippen molar-refractivity contribution in [3.8, 4) is 0 Å². The summed E-state index contributed by atoms with van der Waals surface area (Å²) in [5.74, 6) is -0.831. The first-order valence-electron chi connectivity index (χ1n) is 3.30. The molecule has 5 heteroatoms. The van der Waals surface area contributed by atoms with Crippen LogP contribution in [0.3, 0.4) is 0 Å². The quantitative estimate of drug-likeness (QED) is 0.313. The molecule has 1 aliphatic rings. The van der Waals surface area contributed by atoms with Gasteiger partial charge in [-0.1, -0.05) is 0 Å². The third kappa shape index (κ3) is 1.41. The predicted octanol–water partition coefficient (Wildman–Crippen LogP) is -2.60. The molecule has 0 aromatic rings. The van der Waals surface area contributed by atoms with Crippen LogP contribution >= 0.6 is 0 Å². The van der Waals surface area contributed by atoms with Crippen molar-refractivity contribution in [2.75, 3.05) is 0 Å². The molecule has 4 unspecified atom stereocenters. The fourth-order valence-corrected chi connectivity index (χ4v) is 1.06. The van der Waals surface area contributed by atoms with Crippen LogP contribution in [0.25, 0.3) is 0 Å². The maximum atomic E-state index is 10.7. The van der Waals surface area contributed by atoms with Gasteiger partial charge in [0.05, 0.1) is 6.10 Å². The van der Waals surface area contributed by atoms with Crippen molar-refractivity contribution < 1.29 is 25.2 Å². The second-order valence-electron chi connectivity index (χ2n) is 2.66. The molecule has 1 fully saturated rings. The van der Waals surface area contributed by atoms with Crippen LogP contribution in [0.15, 0.2) is 0 Å². The van der Waals surface area contributed by atoms with E-state index in [-0.39, 0.29) is 6.42 Å². The van der Waals surface area contributed by atoms with Crippen LogP contribution in [0.2, 0.25) is 0 Å². The summed E-state index contributed by atoms with van der Waals surface area (Å²) in [7, 11) is 0. The van der Waals surface area contributed by atoms with E-state index in [4.69, 9.17) is 20.4 Å². The molecule has 0 spiro atoms. The van der Waals surface area contributed by atoms with Crippen molar-refractivity contribution in [3.63, 3.8) is 0 Å². The maximum absolute atomic E-state index is 10.7. The molecule has 1 aliphatic carbocycles. The zero-order valence-corrected chi connectivity index (χ0v) is 5.71. The van der Waals surface area contributed by atoms with E-state index < -0.39 is 30.2 Å². The summed E-state index contributed by atoms with van der Waals surface area (Å²) in [4.78, 5) is 10.7. The van der Waals surface area contributed by atoms with Gasteiger partial charge in [-0.05, 0) is 0 Å². The van der Waals surface area contributed by atoms with Gasteiger partial charge in [0.25, 0.3) is 0 Å². The summed E-state index contributed by atoms with van der Waals surface area (Å²) in [6.07, 6.45) is -5.92. The monoisotopic (exact) mass is 162 g/mol. The molecule has 64 valence electrons. The Balaban J connectivity index is 2.70. The minimum atomic E-state index is -1.66. The smallest absolute Gasteiger partial charge is 0.192 e. The van der Waals surface area contributed by atoms with Crippen LogP contribution in [0.5, 0.6) is 0 Å². The van der Waals surface area contributed by atoms with Crippen molar-refractivity contribution in [1.29, 1.82) is 0 Å². The van der Waals surface area contributed by atoms with Crippen LogP contribution in [0.4, 0.5) is 0 Å². The molecule has 0 amide bonds. The average Bonchev–Trinajstić information content (AvgIpc) is 1.97. The maximum Gasteiger partial charge on any atom is 0.192 e. The number of hydrogen-bond acceptors (Lipinski definition) is 5. The van der Waals surface area contributed by atoms with E-state index in [1.807, 2.05) is 0 Å². The largest absolute Gasteiger partial charge is 0.390 e. The van der Waals surface area contributed by atoms with E-state index in [0.717, 1.165) is 0 Å². The van der Waals surface area contributed by atoms with E-state index in [9.17, 15) is 4.79 Å². The number of aliphatic hydroxyl groups is 4. The van der Waals surface area contributed by atoms with Crippen LogP contribution < -0.4 is 0 Å². The van der Waals surface area contributed by atoms with E-state index in [0.29, 0.717) is 0 Å². The third-order valence-electron chi connectivity index (χ3n) is 1.80.